The summed E-state index contributed by atoms with van der Waals surface area (Å²) in [6.45, 7) is 3.60. The van der Waals surface area contributed by atoms with Crippen molar-refractivity contribution in [3.8, 4) is 0 Å². The minimum atomic E-state index is -0.988. The molecular formula is C10H20N2O3. The van der Waals surface area contributed by atoms with Crippen molar-refractivity contribution in [3.63, 3.8) is 0 Å². The fourth-order valence-corrected chi connectivity index (χ4v) is 1.19. The maximum Gasteiger partial charge on any atom is 0.326 e. The number of hydrogen-bond acceptors (Lipinski definition) is 3. The molecule has 0 fully saturated rings. The third kappa shape index (κ3) is 6.90. The van der Waals surface area contributed by atoms with Crippen LogP contribution in [-0.2, 0) is 9.59 Å². The number of carboxylic acid groups (broad SMARTS) is 1. The van der Waals surface area contributed by atoms with Crippen molar-refractivity contribution in [2.45, 2.75) is 51.6 Å². The molecule has 0 bridgehead atoms. The molecule has 0 aliphatic rings. The molecule has 0 aliphatic heterocycles. The van der Waals surface area contributed by atoms with Gasteiger partial charge in [-0.2, -0.15) is 0 Å². The summed E-state index contributed by atoms with van der Waals surface area (Å²) in [6, 6.07) is -0.688. The van der Waals surface area contributed by atoms with E-state index in [0.29, 0.717) is 19.3 Å². The van der Waals surface area contributed by atoms with E-state index >= 15 is 0 Å². The Hall–Kier alpha value is -1.10. The molecule has 0 saturated heterocycles. The lowest BCUT2D eigenvalue weighted by molar-refractivity contribution is -0.141. The Kier molecular flexibility index (Phi) is 6.70. The van der Waals surface area contributed by atoms with Gasteiger partial charge in [-0.1, -0.05) is 6.92 Å². The Morgan fingerprint density at radius 1 is 1.47 bits per heavy atom. The molecular weight excluding hydrogens is 196 g/mol. The molecule has 1 unspecified atom stereocenters. The highest BCUT2D eigenvalue weighted by Gasteiger charge is 2.16. The van der Waals surface area contributed by atoms with Gasteiger partial charge in [0.1, 0.15) is 6.04 Å². The lowest BCUT2D eigenvalue weighted by Gasteiger charge is -2.12. The second kappa shape index (κ2) is 7.23. The zero-order valence-corrected chi connectivity index (χ0v) is 9.32. The van der Waals surface area contributed by atoms with Gasteiger partial charge in [-0.25, -0.2) is 4.79 Å². The van der Waals surface area contributed by atoms with Crippen molar-refractivity contribution in [1.29, 1.82) is 0 Å². The van der Waals surface area contributed by atoms with Crippen LogP contribution in [0.5, 0.6) is 0 Å². The Balaban J connectivity index is 3.77. The molecule has 15 heavy (non-hydrogen) atoms. The predicted octanol–water partition coefficient (Wildman–Crippen LogP) is 0.483. The monoisotopic (exact) mass is 216 g/mol. The van der Waals surface area contributed by atoms with Crippen LogP contribution in [0.2, 0.25) is 0 Å². The van der Waals surface area contributed by atoms with Gasteiger partial charge < -0.3 is 16.2 Å². The standard InChI is InChI=1S/C10H20N2O3/c1-3-8(10(14)15)12-9(13)6-4-5-7(2)11/h7-8H,3-6,11H2,1-2H3,(H,12,13)(H,14,15)/t7?,8-/m0/s1. The number of carboxylic acids is 1. The highest BCUT2D eigenvalue weighted by molar-refractivity contribution is 5.83. The maximum atomic E-state index is 11.3. The van der Waals surface area contributed by atoms with Gasteiger partial charge in [0.15, 0.2) is 0 Å². The summed E-state index contributed by atoms with van der Waals surface area (Å²) >= 11 is 0. The minimum Gasteiger partial charge on any atom is -0.480 e. The number of rotatable bonds is 7. The average Bonchev–Trinajstić information content (AvgIpc) is 2.13. The summed E-state index contributed by atoms with van der Waals surface area (Å²) in [5.41, 5.74) is 5.53. The van der Waals surface area contributed by atoms with Gasteiger partial charge >= 0.3 is 5.97 Å². The van der Waals surface area contributed by atoms with Gasteiger partial charge in [-0.3, -0.25) is 4.79 Å². The fraction of sp³-hybridized carbons (Fsp3) is 0.800. The van der Waals surface area contributed by atoms with E-state index in [1.54, 1.807) is 6.92 Å². The summed E-state index contributed by atoms with van der Waals surface area (Å²) in [4.78, 5) is 21.9. The molecule has 0 radical (unpaired) electrons. The van der Waals surface area contributed by atoms with E-state index in [1.807, 2.05) is 6.92 Å². The SMILES string of the molecule is CC[C@H](NC(=O)CCCC(C)N)C(=O)O. The third-order valence-corrected chi connectivity index (χ3v) is 2.10. The second-order valence-corrected chi connectivity index (χ2v) is 3.74. The zero-order valence-electron chi connectivity index (χ0n) is 9.32. The first-order valence-electron chi connectivity index (χ1n) is 5.25. The Morgan fingerprint density at radius 2 is 2.07 bits per heavy atom. The normalized spacial score (nSPS) is 14.3. The van der Waals surface area contributed by atoms with Crippen molar-refractivity contribution in [1.82, 2.24) is 5.32 Å². The summed E-state index contributed by atoms with van der Waals surface area (Å²) < 4.78 is 0. The molecule has 1 amide bonds. The number of nitrogens with two attached hydrogens (primary N) is 1. The predicted molar refractivity (Wildman–Crippen MR) is 57.4 cm³/mol. The van der Waals surface area contributed by atoms with Crippen molar-refractivity contribution in [3.05, 3.63) is 0 Å². The van der Waals surface area contributed by atoms with Crippen molar-refractivity contribution in [2.24, 2.45) is 5.73 Å². The Bertz CT molecular complexity index is 217. The minimum absolute atomic E-state index is 0.0826. The maximum absolute atomic E-state index is 11.3. The van der Waals surface area contributed by atoms with Crippen LogP contribution in [0.15, 0.2) is 0 Å². The van der Waals surface area contributed by atoms with E-state index in [0.717, 1.165) is 6.42 Å². The lowest BCUT2D eigenvalue weighted by Crippen LogP contribution is -2.40. The van der Waals surface area contributed by atoms with Crippen LogP contribution < -0.4 is 11.1 Å². The molecule has 0 heterocycles. The number of hydrogen-bond donors (Lipinski definition) is 3. The van der Waals surface area contributed by atoms with Crippen LogP contribution in [0.4, 0.5) is 0 Å². The molecule has 4 N–H and O–H groups in total. The van der Waals surface area contributed by atoms with E-state index in [-0.39, 0.29) is 11.9 Å². The van der Waals surface area contributed by atoms with Crippen LogP contribution >= 0.6 is 0 Å². The third-order valence-electron chi connectivity index (χ3n) is 2.10. The summed E-state index contributed by atoms with van der Waals surface area (Å²) in [7, 11) is 0. The largest absolute Gasteiger partial charge is 0.480 e. The quantitative estimate of drug-likeness (QED) is 0.577. The van der Waals surface area contributed by atoms with Crippen LogP contribution in [0.1, 0.15) is 39.5 Å². The summed E-state index contributed by atoms with van der Waals surface area (Å²) in [5.74, 6) is -1.21. The molecule has 5 nitrogen and oxygen atoms in total. The van der Waals surface area contributed by atoms with Gasteiger partial charge in [0.25, 0.3) is 0 Å². The molecule has 88 valence electrons. The molecule has 0 aliphatic carbocycles. The molecule has 5 heteroatoms. The van der Waals surface area contributed by atoms with Gasteiger partial charge in [0, 0.05) is 12.5 Å². The molecule has 0 spiro atoms. The number of carbonyl (C=O) groups excluding carboxylic acids is 1. The van der Waals surface area contributed by atoms with E-state index in [4.69, 9.17) is 10.8 Å². The van der Waals surface area contributed by atoms with Gasteiger partial charge in [-0.05, 0) is 26.2 Å². The molecule has 0 aromatic heterocycles. The van der Waals surface area contributed by atoms with E-state index < -0.39 is 12.0 Å². The number of amides is 1. The zero-order chi connectivity index (χ0) is 11.8. The van der Waals surface area contributed by atoms with Crippen LogP contribution in [0, 0.1) is 0 Å². The van der Waals surface area contributed by atoms with E-state index in [2.05, 4.69) is 5.32 Å². The molecule has 0 saturated carbocycles. The average molecular weight is 216 g/mol. The van der Waals surface area contributed by atoms with Gasteiger partial charge in [0.2, 0.25) is 5.91 Å². The van der Waals surface area contributed by atoms with Crippen molar-refractivity contribution >= 4 is 11.9 Å². The lowest BCUT2D eigenvalue weighted by atomic mass is 10.1. The highest BCUT2D eigenvalue weighted by atomic mass is 16.4. The van der Waals surface area contributed by atoms with E-state index in [1.165, 1.54) is 0 Å². The molecule has 2 atom stereocenters. The van der Waals surface area contributed by atoms with Gasteiger partial charge in [0.05, 0.1) is 0 Å². The van der Waals surface area contributed by atoms with Crippen LogP contribution in [-0.4, -0.2) is 29.1 Å². The van der Waals surface area contributed by atoms with Crippen LogP contribution in [0.25, 0.3) is 0 Å². The number of nitrogens with one attached hydrogen (secondary N) is 1. The first-order valence-corrected chi connectivity index (χ1v) is 5.25. The highest BCUT2D eigenvalue weighted by Crippen LogP contribution is 1.99. The second-order valence-electron chi connectivity index (χ2n) is 3.74. The van der Waals surface area contributed by atoms with E-state index in [9.17, 15) is 9.59 Å². The fourth-order valence-electron chi connectivity index (χ4n) is 1.19. The topological polar surface area (TPSA) is 92.4 Å². The summed E-state index contributed by atoms with van der Waals surface area (Å²) in [6.07, 6.45) is 2.20. The first kappa shape index (κ1) is 13.9. The number of aliphatic carboxylic acids is 1. The smallest absolute Gasteiger partial charge is 0.326 e. The molecule has 0 aromatic rings. The summed E-state index contributed by atoms with van der Waals surface area (Å²) in [5, 5.41) is 11.2. The first-order chi connectivity index (χ1) is 6.97. The van der Waals surface area contributed by atoms with Crippen LogP contribution in [0.3, 0.4) is 0 Å². The molecule has 0 aromatic carbocycles. The van der Waals surface area contributed by atoms with Gasteiger partial charge in [-0.15, -0.1) is 0 Å². The van der Waals surface area contributed by atoms with Crippen molar-refractivity contribution in [2.75, 3.05) is 0 Å². The Morgan fingerprint density at radius 3 is 2.47 bits per heavy atom. The Labute approximate surface area is 90.0 Å². The number of carbonyl (C=O) groups is 2. The molecule has 0 rings (SSSR count). The van der Waals surface area contributed by atoms with Crippen molar-refractivity contribution < 1.29 is 14.7 Å².